The smallest absolute Gasteiger partial charge is 0.233 e. The van der Waals surface area contributed by atoms with Crippen molar-refractivity contribution in [1.29, 1.82) is 0 Å². The van der Waals surface area contributed by atoms with Gasteiger partial charge >= 0.3 is 0 Å². The van der Waals surface area contributed by atoms with Crippen molar-refractivity contribution in [3.8, 4) is 0 Å². The predicted octanol–water partition coefficient (Wildman–Crippen LogP) is 2.78. The molecule has 4 unspecified atom stereocenters. The Kier molecular flexibility index (Phi) is 3.91. The van der Waals surface area contributed by atoms with E-state index >= 15 is 0 Å². The number of hydrogen-bond donors (Lipinski definition) is 1. The van der Waals surface area contributed by atoms with Crippen molar-refractivity contribution in [2.24, 2.45) is 23.7 Å². The van der Waals surface area contributed by atoms with E-state index in [9.17, 15) is 14.4 Å². The van der Waals surface area contributed by atoms with Crippen LogP contribution in [0.25, 0.3) is 0 Å². The number of benzene rings is 1. The van der Waals surface area contributed by atoms with Crippen molar-refractivity contribution in [2.45, 2.75) is 19.8 Å². The molecule has 1 saturated heterocycles. The van der Waals surface area contributed by atoms with Gasteiger partial charge in [0.1, 0.15) is 0 Å². The number of fused-ring (bicyclic) bond motifs is 5. The van der Waals surface area contributed by atoms with Crippen LogP contribution in [0.15, 0.2) is 30.4 Å². The van der Waals surface area contributed by atoms with Gasteiger partial charge in [-0.15, -0.1) is 0 Å². The number of halogens is 1. The van der Waals surface area contributed by atoms with E-state index in [0.717, 1.165) is 12.0 Å². The Morgan fingerprint density at radius 3 is 2.48 bits per heavy atom. The first-order chi connectivity index (χ1) is 12.0. The molecule has 2 bridgehead atoms. The lowest BCUT2D eigenvalue weighted by molar-refractivity contribution is -0.140. The van der Waals surface area contributed by atoms with Crippen molar-refractivity contribution < 1.29 is 14.4 Å². The van der Waals surface area contributed by atoms with Gasteiger partial charge in [0.2, 0.25) is 17.7 Å². The van der Waals surface area contributed by atoms with Crippen LogP contribution in [0.1, 0.15) is 18.4 Å². The van der Waals surface area contributed by atoms with Crippen LogP contribution in [0, 0.1) is 30.6 Å². The van der Waals surface area contributed by atoms with Crippen molar-refractivity contribution in [3.63, 3.8) is 0 Å². The molecule has 2 fully saturated rings. The summed E-state index contributed by atoms with van der Waals surface area (Å²) >= 11 is 6.05. The fraction of sp³-hybridized carbons (Fsp3) is 0.421. The number of nitrogens with one attached hydrogen (secondary N) is 1. The Hall–Kier alpha value is -2.14. The Balaban J connectivity index is 1.39. The normalized spacial score (nSPS) is 29.4. The highest BCUT2D eigenvalue weighted by atomic mass is 35.5. The topological polar surface area (TPSA) is 66.5 Å². The highest BCUT2D eigenvalue weighted by molar-refractivity contribution is 6.31. The molecular weight excluding hydrogens is 340 g/mol. The maximum absolute atomic E-state index is 12.6. The van der Waals surface area contributed by atoms with Crippen LogP contribution in [-0.2, 0) is 14.4 Å². The third kappa shape index (κ3) is 2.58. The summed E-state index contributed by atoms with van der Waals surface area (Å²) in [6.07, 6.45) is 5.13. The highest BCUT2D eigenvalue weighted by Gasteiger charge is 2.58. The second kappa shape index (κ2) is 5.99. The second-order valence-electron chi connectivity index (χ2n) is 7.04. The number of nitrogens with zero attached hydrogens (tertiary/aromatic N) is 1. The molecule has 1 aromatic rings. The second-order valence-corrected chi connectivity index (χ2v) is 7.45. The van der Waals surface area contributed by atoms with Crippen LogP contribution in [-0.4, -0.2) is 29.2 Å². The minimum absolute atomic E-state index is 0.0889. The number of imide groups is 1. The summed E-state index contributed by atoms with van der Waals surface area (Å²) in [5.41, 5.74) is 1.44. The average Bonchev–Trinajstić information content (AvgIpc) is 3.25. The Morgan fingerprint density at radius 2 is 1.84 bits per heavy atom. The van der Waals surface area contributed by atoms with Crippen molar-refractivity contribution >= 4 is 35.0 Å². The number of amides is 3. The van der Waals surface area contributed by atoms with E-state index in [-0.39, 0.29) is 54.4 Å². The summed E-state index contributed by atoms with van der Waals surface area (Å²) in [4.78, 5) is 38.7. The Labute approximate surface area is 151 Å². The minimum atomic E-state index is -0.232. The molecule has 3 aliphatic rings. The number of rotatable bonds is 4. The van der Waals surface area contributed by atoms with Crippen LogP contribution in [0.5, 0.6) is 0 Å². The number of likely N-dealkylation sites (tertiary alicyclic amines) is 1. The van der Waals surface area contributed by atoms with Crippen LogP contribution in [0.4, 0.5) is 5.69 Å². The molecule has 1 heterocycles. The molecule has 4 atom stereocenters. The Bertz CT molecular complexity index is 774. The molecule has 1 saturated carbocycles. The number of hydrogen-bond acceptors (Lipinski definition) is 3. The third-order valence-electron chi connectivity index (χ3n) is 5.67. The molecular formula is C19H19ClN2O3. The number of anilines is 1. The summed E-state index contributed by atoms with van der Waals surface area (Å²) in [7, 11) is 0. The monoisotopic (exact) mass is 358 g/mol. The van der Waals surface area contributed by atoms with Gasteiger partial charge in [0.25, 0.3) is 0 Å². The van der Waals surface area contributed by atoms with Crippen molar-refractivity contribution in [3.05, 3.63) is 40.9 Å². The quantitative estimate of drug-likeness (QED) is 0.664. The van der Waals surface area contributed by atoms with Gasteiger partial charge in [-0.05, 0) is 42.9 Å². The third-order valence-corrected chi connectivity index (χ3v) is 6.08. The first-order valence-corrected chi connectivity index (χ1v) is 8.93. The zero-order valence-electron chi connectivity index (χ0n) is 13.9. The Morgan fingerprint density at radius 1 is 1.20 bits per heavy atom. The molecule has 4 rings (SSSR count). The highest BCUT2D eigenvalue weighted by Crippen LogP contribution is 2.52. The molecule has 2 aliphatic carbocycles. The van der Waals surface area contributed by atoms with E-state index in [0.29, 0.717) is 10.7 Å². The molecule has 130 valence electrons. The first-order valence-electron chi connectivity index (χ1n) is 8.56. The van der Waals surface area contributed by atoms with Gasteiger partial charge in [-0.1, -0.05) is 29.8 Å². The van der Waals surface area contributed by atoms with E-state index in [4.69, 9.17) is 11.6 Å². The maximum Gasteiger partial charge on any atom is 0.233 e. The molecule has 25 heavy (non-hydrogen) atoms. The van der Waals surface area contributed by atoms with Crippen LogP contribution >= 0.6 is 11.6 Å². The van der Waals surface area contributed by atoms with E-state index in [2.05, 4.69) is 17.5 Å². The summed E-state index contributed by atoms with van der Waals surface area (Å²) in [5.74, 6) is -0.485. The number of carbonyl (C=O) groups excluding carboxylic acids is 3. The van der Waals surface area contributed by atoms with Crippen LogP contribution < -0.4 is 5.32 Å². The average molecular weight is 359 g/mol. The zero-order valence-corrected chi connectivity index (χ0v) is 14.6. The molecule has 1 N–H and O–H groups in total. The van der Waals surface area contributed by atoms with Gasteiger partial charge in [-0.2, -0.15) is 0 Å². The summed E-state index contributed by atoms with van der Waals surface area (Å²) < 4.78 is 0. The van der Waals surface area contributed by atoms with E-state index in [1.165, 1.54) is 4.90 Å². The van der Waals surface area contributed by atoms with Gasteiger partial charge < -0.3 is 5.32 Å². The predicted molar refractivity (Wildman–Crippen MR) is 93.9 cm³/mol. The van der Waals surface area contributed by atoms with Gasteiger partial charge in [-0.3, -0.25) is 19.3 Å². The SMILES string of the molecule is Cc1c(Cl)cccc1NC(=O)CCN1C(=O)C2C3C=CC(C3)C2C1=O. The van der Waals surface area contributed by atoms with E-state index < -0.39 is 0 Å². The molecule has 0 spiro atoms. The van der Waals surface area contributed by atoms with Crippen LogP contribution in [0.2, 0.25) is 5.02 Å². The summed E-state index contributed by atoms with van der Waals surface area (Å²) in [5, 5.41) is 3.38. The van der Waals surface area contributed by atoms with Crippen molar-refractivity contribution in [1.82, 2.24) is 4.90 Å². The van der Waals surface area contributed by atoms with Crippen LogP contribution in [0.3, 0.4) is 0 Å². The molecule has 1 aromatic carbocycles. The lowest BCUT2D eigenvalue weighted by Gasteiger charge is -2.17. The fourth-order valence-electron chi connectivity index (χ4n) is 4.35. The van der Waals surface area contributed by atoms with E-state index in [1.54, 1.807) is 18.2 Å². The molecule has 3 amide bonds. The van der Waals surface area contributed by atoms with Gasteiger partial charge in [0.05, 0.1) is 11.8 Å². The van der Waals surface area contributed by atoms with Gasteiger partial charge in [-0.25, -0.2) is 0 Å². The summed E-state index contributed by atoms with van der Waals surface area (Å²) in [6.45, 7) is 1.96. The van der Waals surface area contributed by atoms with E-state index in [1.807, 2.05) is 6.92 Å². The fourth-order valence-corrected chi connectivity index (χ4v) is 4.53. The molecule has 5 nitrogen and oxygen atoms in total. The van der Waals surface area contributed by atoms with Crippen molar-refractivity contribution in [2.75, 3.05) is 11.9 Å². The lowest BCUT2D eigenvalue weighted by Crippen LogP contribution is -2.35. The standard InChI is InChI=1S/C19H19ClN2O3/c1-10-13(20)3-2-4-14(10)21-15(23)7-8-22-18(24)16-11-5-6-12(9-11)17(16)19(22)25/h2-6,11-12,16-17H,7-9H2,1H3,(H,21,23). The molecule has 6 heteroatoms. The molecule has 0 aromatic heterocycles. The first kappa shape index (κ1) is 16.3. The maximum atomic E-state index is 12.6. The largest absolute Gasteiger partial charge is 0.326 e. The zero-order chi connectivity index (χ0) is 17.7. The van der Waals surface area contributed by atoms with Gasteiger partial charge in [0.15, 0.2) is 0 Å². The lowest BCUT2D eigenvalue weighted by atomic mass is 9.85. The molecule has 1 aliphatic heterocycles. The summed E-state index contributed by atoms with van der Waals surface area (Å²) in [6, 6.07) is 5.30. The number of allylic oxidation sites excluding steroid dienone is 2. The number of carbonyl (C=O) groups is 3. The molecule has 0 radical (unpaired) electrons. The van der Waals surface area contributed by atoms with Gasteiger partial charge in [0, 0.05) is 23.7 Å². The minimum Gasteiger partial charge on any atom is -0.326 e.